The smallest absolute Gasteiger partial charge is 0.137 e. The Morgan fingerprint density at radius 1 is 1.13 bits per heavy atom. The molecule has 1 aliphatic rings. The van der Waals surface area contributed by atoms with Crippen molar-refractivity contribution in [3.05, 3.63) is 47.6 Å². The number of likely N-dealkylation sites (tertiary alicyclic amines) is 1. The standard InChI is InChI=1S/C24H26ClN3O2/c1-30-17-9-10-21-20(14-17)22-23(18-7-2-3-8-19(18)24(25)26-22)28(21)13-5-12-27-11-4-6-16(27)15-29/h2-3,7-10,14,16,29H,4-6,11-13,15H2,1H3/t16-/m1/s1. The molecule has 3 heterocycles. The van der Waals surface area contributed by atoms with Gasteiger partial charge >= 0.3 is 0 Å². The van der Waals surface area contributed by atoms with Gasteiger partial charge in [-0.25, -0.2) is 4.98 Å². The molecule has 5 rings (SSSR count). The van der Waals surface area contributed by atoms with Gasteiger partial charge < -0.3 is 14.4 Å². The van der Waals surface area contributed by atoms with E-state index >= 15 is 0 Å². The first-order chi connectivity index (χ1) is 14.7. The van der Waals surface area contributed by atoms with Crippen LogP contribution < -0.4 is 4.74 Å². The first-order valence-corrected chi connectivity index (χ1v) is 11.0. The number of hydrogen-bond donors (Lipinski definition) is 1. The number of methoxy groups -OCH3 is 1. The quantitative estimate of drug-likeness (QED) is 0.450. The maximum Gasteiger partial charge on any atom is 0.137 e. The first kappa shape index (κ1) is 19.6. The first-order valence-electron chi connectivity index (χ1n) is 10.6. The van der Waals surface area contributed by atoms with Crippen LogP contribution in [0.15, 0.2) is 42.5 Å². The van der Waals surface area contributed by atoms with Crippen molar-refractivity contribution in [1.29, 1.82) is 0 Å². The highest BCUT2D eigenvalue weighted by Crippen LogP contribution is 2.37. The molecule has 1 atom stereocenters. The average Bonchev–Trinajstić information content (AvgIpc) is 3.36. The Labute approximate surface area is 180 Å². The van der Waals surface area contributed by atoms with Gasteiger partial charge in [-0.15, -0.1) is 0 Å². The van der Waals surface area contributed by atoms with Crippen molar-refractivity contribution < 1.29 is 9.84 Å². The normalized spacial score (nSPS) is 17.5. The lowest BCUT2D eigenvalue weighted by Crippen LogP contribution is -2.33. The van der Waals surface area contributed by atoms with Gasteiger partial charge in [-0.2, -0.15) is 0 Å². The third kappa shape index (κ3) is 3.22. The lowest BCUT2D eigenvalue weighted by Gasteiger charge is -2.22. The monoisotopic (exact) mass is 423 g/mol. The fourth-order valence-electron chi connectivity index (χ4n) is 4.92. The van der Waals surface area contributed by atoms with Crippen molar-refractivity contribution >= 4 is 44.3 Å². The molecule has 1 aliphatic heterocycles. The molecule has 156 valence electrons. The number of nitrogens with zero attached hydrogens (tertiary/aromatic N) is 3. The van der Waals surface area contributed by atoms with E-state index in [1.807, 2.05) is 18.2 Å². The minimum atomic E-state index is 0.252. The van der Waals surface area contributed by atoms with Gasteiger partial charge in [0.25, 0.3) is 0 Å². The zero-order valence-electron chi connectivity index (χ0n) is 17.1. The molecule has 0 aliphatic carbocycles. The van der Waals surface area contributed by atoms with Crippen LogP contribution in [0.4, 0.5) is 0 Å². The Morgan fingerprint density at radius 2 is 1.97 bits per heavy atom. The van der Waals surface area contributed by atoms with Gasteiger partial charge in [-0.05, 0) is 44.0 Å². The molecule has 2 aromatic heterocycles. The molecule has 30 heavy (non-hydrogen) atoms. The summed E-state index contributed by atoms with van der Waals surface area (Å²) in [6.45, 7) is 3.20. The van der Waals surface area contributed by atoms with E-state index in [2.05, 4.69) is 33.7 Å². The number of pyridine rings is 1. The summed E-state index contributed by atoms with van der Waals surface area (Å²) in [4.78, 5) is 7.21. The summed E-state index contributed by atoms with van der Waals surface area (Å²) in [5.74, 6) is 0.815. The number of rotatable bonds is 6. The maximum atomic E-state index is 9.62. The topological polar surface area (TPSA) is 50.5 Å². The van der Waals surface area contributed by atoms with Crippen LogP contribution in [-0.4, -0.2) is 52.4 Å². The predicted molar refractivity (Wildman–Crippen MR) is 123 cm³/mol. The van der Waals surface area contributed by atoms with Crippen LogP contribution in [-0.2, 0) is 6.54 Å². The van der Waals surface area contributed by atoms with E-state index in [0.717, 1.165) is 70.9 Å². The molecule has 1 N–H and O–H groups in total. The highest BCUT2D eigenvalue weighted by Gasteiger charge is 2.23. The Morgan fingerprint density at radius 3 is 2.77 bits per heavy atom. The Balaban J connectivity index is 1.62. The summed E-state index contributed by atoms with van der Waals surface area (Å²) >= 11 is 6.56. The molecule has 5 nitrogen and oxygen atoms in total. The molecular weight excluding hydrogens is 398 g/mol. The van der Waals surface area contributed by atoms with Gasteiger partial charge in [0.1, 0.15) is 10.9 Å². The lowest BCUT2D eigenvalue weighted by atomic mass is 10.1. The highest BCUT2D eigenvalue weighted by atomic mass is 35.5. The van der Waals surface area contributed by atoms with E-state index in [1.54, 1.807) is 7.11 Å². The number of fused-ring (bicyclic) bond motifs is 5. The zero-order chi connectivity index (χ0) is 20.7. The second-order valence-corrected chi connectivity index (χ2v) is 8.41. The SMILES string of the molecule is COc1ccc2c(c1)c1nc(Cl)c3ccccc3c1n2CCCN1CCC[C@@H]1CO. The summed E-state index contributed by atoms with van der Waals surface area (Å²) in [5, 5.41) is 13.3. The fourth-order valence-corrected chi connectivity index (χ4v) is 5.17. The van der Waals surface area contributed by atoms with Crippen LogP contribution in [0.1, 0.15) is 19.3 Å². The Hall–Kier alpha value is -2.34. The molecule has 2 aromatic carbocycles. The van der Waals surface area contributed by atoms with E-state index in [1.165, 1.54) is 6.42 Å². The third-order valence-electron chi connectivity index (χ3n) is 6.40. The minimum absolute atomic E-state index is 0.252. The fraction of sp³-hybridized carbons (Fsp3) is 0.375. The average molecular weight is 424 g/mol. The molecule has 0 saturated carbocycles. The molecule has 0 bridgehead atoms. The van der Waals surface area contributed by atoms with Gasteiger partial charge in [-0.3, -0.25) is 4.90 Å². The minimum Gasteiger partial charge on any atom is -0.497 e. The molecule has 0 spiro atoms. The van der Waals surface area contributed by atoms with Crippen LogP contribution in [0.5, 0.6) is 5.75 Å². The van der Waals surface area contributed by atoms with Crippen molar-refractivity contribution in [1.82, 2.24) is 14.5 Å². The van der Waals surface area contributed by atoms with Crippen molar-refractivity contribution in [2.75, 3.05) is 26.8 Å². The van der Waals surface area contributed by atoms with Gasteiger partial charge in [0.15, 0.2) is 0 Å². The summed E-state index contributed by atoms with van der Waals surface area (Å²) in [5.41, 5.74) is 3.19. The molecule has 4 aromatic rings. The second-order valence-electron chi connectivity index (χ2n) is 8.05. The van der Waals surface area contributed by atoms with Gasteiger partial charge in [0.05, 0.1) is 30.3 Å². The van der Waals surface area contributed by atoms with Crippen molar-refractivity contribution in [2.24, 2.45) is 0 Å². The lowest BCUT2D eigenvalue weighted by molar-refractivity contribution is 0.156. The van der Waals surface area contributed by atoms with E-state index < -0.39 is 0 Å². The molecule has 0 radical (unpaired) electrons. The molecule has 0 unspecified atom stereocenters. The summed E-state index contributed by atoms with van der Waals surface area (Å²) in [7, 11) is 1.68. The number of ether oxygens (including phenoxy) is 1. The van der Waals surface area contributed by atoms with Crippen molar-refractivity contribution in [2.45, 2.75) is 31.8 Å². The Kier molecular flexibility index (Phi) is 5.27. The van der Waals surface area contributed by atoms with Gasteiger partial charge in [-0.1, -0.05) is 35.9 Å². The summed E-state index contributed by atoms with van der Waals surface area (Å²) in [6, 6.07) is 14.7. The number of aromatic nitrogens is 2. The summed E-state index contributed by atoms with van der Waals surface area (Å²) in [6.07, 6.45) is 3.28. The predicted octanol–water partition coefficient (Wildman–Crippen LogP) is 4.85. The number of benzene rings is 2. The van der Waals surface area contributed by atoms with Gasteiger partial charge in [0.2, 0.25) is 0 Å². The molecule has 6 heteroatoms. The van der Waals surface area contributed by atoms with Crippen LogP contribution >= 0.6 is 11.6 Å². The maximum absolute atomic E-state index is 9.62. The van der Waals surface area contributed by atoms with E-state index in [0.29, 0.717) is 11.2 Å². The number of aryl methyl sites for hydroxylation is 1. The highest BCUT2D eigenvalue weighted by molar-refractivity contribution is 6.36. The molecule has 1 saturated heterocycles. The largest absolute Gasteiger partial charge is 0.497 e. The number of aliphatic hydroxyl groups is 1. The van der Waals surface area contributed by atoms with Gasteiger partial charge in [0, 0.05) is 35.3 Å². The summed E-state index contributed by atoms with van der Waals surface area (Å²) < 4.78 is 7.85. The van der Waals surface area contributed by atoms with E-state index in [9.17, 15) is 5.11 Å². The van der Waals surface area contributed by atoms with E-state index in [4.69, 9.17) is 21.3 Å². The van der Waals surface area contributed by atoms with Crippen LogP contribution in [0, 0.1) is 0 Å². The number of halogens is 1. The molecule has 0 amide bonds. The van der Waals surface area contributed by atoms with Crippen LogP contribution in [0.2, 0.25) is 5.15 Å². The van der Waals surface area contributed by atoms with Crippen LogP contribution in [0.3, 0.4) is 0 Å². The zero-order valence-corrected chi connectivity index (χ0v) is 17.9. The van der Waals surface area contributed by atoms with Crippen molar-refractivity contribution in [3.63, 3.8) is 0 Å². The van der Waals surface area contributed by atoms with Crippen molar-refractivity contribution in [3.8, 4) is 5.75 Å². The van der Waals surface area contributed by atoms with E-state index in [-0.39, 0.29) is 6.61 Å². The number of aliphatic hydroxyl groups excluding tert-OH is 1. The number of hydrogen-bond acceptors (Lipinski definition) is 4. The Bertz CT molecular complexity index is 1220. The second kappa shape index (κ2) is 8.06. The van der Waals surface area contributed by atoms with Crippen LogP contribution in [0.25, 0.3) is 32.7 Å². The molecular formula is C24H26ClN3O2. The third-order valence-corrected chi connectivity index (χ3v) is 6.68. The molecule has 1 fully saturated rings.